The summed E-state index contributed by atoms with van der Waals surface area (Å²) in [5.74, 6) is 1.30. The number of nitrogens with one attached hydrogen (secondary N) is 1. The highest BCUT2D eigenvalue weighted by molar-refractivity contribution is 5.26. The van der Waals surface area contributed by atoms with E-state index < -0.39 is 0 Å². The van der Waals surface area contributed by atoms with E-state index in [1.165, 1.54) is 5.69 Å². The van der Waals surface area contributed by atoms with Gasteiger partial charge < -0.3 is 15.0 Å². The highest BCUT2D eigenvalue weighted by atomic mass is 16.3. The average Bonchev–Trinajstić information content (AvgIpc) is 2.70. The fourth-order valence-electron chi connectivity index (χ4n) is 2.01. The Morgan fingerprint density at radius 2 is 1.85 bits per heavy atom. The van der Waals surface area contributed by atoms with Gasteiger partial charge in [0.15, 0.2) is 0 Å². The molecule has 1 heterocycles. The number of rotatable bonds is 4. The van der Waals surface area contributed by atoms with Crippen molar-refractivity contribution >= 4 is 0 Å². The molecule has 0 saturated carbocycles. The van der Waals surface area contributed by atoms with Crippen LogP contribution in [0.15, 0.2) is 30.5 Å². The van der Waals surface area contributed by atoms with Gasteiger partial charge >= 0.3 is 0 Å². The van der Waals surface area contributed by atoms with Crippen molar-refractivity contribution in [2.24, 2.45) is 0 Å². The highest BCUT2D eigenvalue weighted by Gasteiger charge is 2.12. The van der Waals surface area contributed by atoms with Gasteiger partial charge in [0.25, 0.3) is 0 Å². The van der Waals surface area contributed by atoms with Crippen molar-refractivity contribution in [3.8, 4) is 5.75 Å². The first kappa shape index (κ1) is 14.6. The highest BCUT2D eigenvalue weighted by Crippen LogP contribution is 2.14. The Hall–Kier alpha value is -1.81. The number of aromatic nitrogens is 2. The van der Waals surface area contributed by atoms with Crippen molar-refractivity contribution < 1.29 is 5.11 Å². The number of nitrogens with zero attached hydrogens (tertiary/aromatic N) is 2. The minimum atomic E-state index is 0.0849. The maximum absolute atomic E-state index is 9.34. The Balaban J connectivity index is 2.14. The molecule has 0 fully saturated rings. The largest absolute Gasteiger partial charge is 0.508 e. The number of aryl methyl sites for hydroxylation is 1. The molecule has 20 heavy (non-hydrogen) atoms. The Morgan fingerprint density at radius 1 is 1.20 bits per heavy atom. The Bertz CT molecular complexity index is 564. The molecule has 0 spiro atoms. The zero-order valence-electron chi connectivity index (χ0n) is 12.6. The molecule has 4 nitrogen and oxygen atoms in total. The standard InChI is InChI=1S/C16H23N3O/c1-12-17-9-14(10-18-16(2,3)4)19(12)11-13-5-7-15(20)8-6-13/h5-9,18,20H,10-11H2,1-4H3. The molecule has 0 saturated heterocycles. The molecule has 4 heteroatoms. The van der Waals surface area contributed by atoms with Gasteiger partial charge in [-0.2, -0.15) is 0 Å². The lowest BCUT2D eigenvalue weighted by atomic mass is 10.1. The van der Waals surface area contributed by atoms with Crippen LogP contribution in [0.2, 0.25) is 0 Å². The van der Waals surface area contributed by atoms with E-state index in [1.807, 2.05) is 25.3 Å². The fraction of sp³-hybridized carbons (Fsp3) is 0.438. The van der Waals surface area contributed by atoms with Gasteiger partial charge in [-0.25, -0.2) is 4.98 Å². The summed E-state index contributed by atoms with van der Waals surface area (Å²) >= 11 is 0. The van der Waals surface area contributed by atoms with Crippen LogP contribution < -0.4 is 5.32 Å². The summed E-state index contributed by atoms with van der Waals surface area (Å²) < 4.78 is 2.20. The molecule has 2 rings (SSSR count). The molecule has 0 amide bonds. The third-order valence-electron chi connectivity index (χ3n) is 3.21. The number of benzene rings is 1. The van der Waals surface area contributed by atoms with Crippen LogP contribution in [0.5, 0.6) is 5.75 Å². The normalized spacial score (nSPS) is 11.8. The van der Waals surface area contributed by atoms with Gasteiger partial charge in [0.05, 0.1) is 5.69 Å². The maximum atomic E-state index is 9.34. The smallest absolute Gasteiger partial charge is 0.115 e. The van der Waals surface area contributed by atoms with Gasteiger partial charge in [0.1, 0.15) is 11.6 Å². The fourth-order valence-corrected chi connectivity index (χ4v) is 2.01. The number of phenols is 1. The lowest BCUT2D eigenvalue weighted by Gasteiger charge is -2.21. The molecule has 2 aromatic rings. The molecule has 0 radical (unpaired) electrons. The van der Waals surface area contributed by atoms with E-state index in [0.717, 1.165) is 24.5 Å². The van der Waals surface area contributed by atoms with Gasteiger partial charge in [-0.15, -0.1) is 0 Å². The van der Waals surface area contributed by atoms with Gasteiger partial charge in [-0.1, -0.05) is 12.1 Å². The van der Waals surface area contributed by atoms with E-state index in [9.17, 15) is 5.11 Å². The van der Waals surface area contributed by atoms with Crippen molar-refractivity contribution in [3.05, 3.63) is 47.5 Å². The number of imidazole rings is 1. The van der Waals surface area contributed by atoms with Crippen LogP contribution in [-0.2, 0) is 13.1 Å². The van der Waals surface area contributed by atoms with E-state index >= 15 is 0 Å². The van der Waals surface area contributed by atoms with Gasteiger partial charge in [0, 0.05) is 24.8 Å². The predicted molar refractivity (Wildman–Crippen MR) is 80.8 cm³/mol. The Kier molecular flexibility index (Phi) is 4.14. The molecular formula is C16H23N3O. The maximum Gasteiger partial charge on any atom is 0.115 e. The predicted octanol–water partition coefficient (Wildman–Crippen LogP) is 2.83. The Morgan fingerprint density at radius 3 is 2.45 bits per heavy atom. The van der Waals surface area contributed by atoms with Crippen LogP contribution in [0.4, 0.5) is 0 Å². The second-order valence-electron chi connectivity index (χ2n) is 6.15. The van der Waals surface area contributed by atoms with Crippen LogP contribution in [0.1, 0.15) is 37.9 Å². The lowest BCUT2D eigenvalue weighted by Crippen LogP contribution is -2.35. The number of hydrogen-bond donors (Lipinski definition) is 2. The summed E-state index contributed by atoms with van der Waals surface area (Å²) in [6.45, 7) is 10.0. The third-order valence-corrected chi connectivity index (χ3v) is 3.21. The molecule has 0 aliphatic rings. The molecule has 0 atom stereocenters. The SMILES string of the molecule is Cc1ncc(CNC(C)(C)C)n1Cc1ccc(O)cc1. The van der Waals surface area contributed by atoms with E-state index in [1.54, 1.807) is 12.1 Å². The molecule has 0 unspecified atom stereocenters. The van der Waals surface area contributed by atoms with Crippen LogP contribution in [0.25, 0.3) is 0 Å². The second kappa shape index (κ2) is 5.67. The zero-order valence-corrected chi connectivity index (χ0v) is 12.6. The summed E-state index contributed by atoms with van der Waals surface area (Å²) in [5, 5.41) is 12.8. The quantitative estimate of drug-likeness (QED) is 0.900. The van der Waals surface area contributed by atoms with E-state index in [2.05, 4.69) is 35.6 Å². The van der Waals surface area contributed by atoms with Crippen molar-refractivity contribution in [3.63, 3.8) is 0 Å². The minimum absolute atomic E-state index is 0.0849. The van der Waals surface area contributed by atoms with Crippen LogP contribution >= 0.6 is 0 Å². The first-order valence-corrected chi connectivity index (χ1v) is 6.89. The van der Waals surface area contributed by atoms with Gasteiger partial charge in [-0.05, 0) is 45.4 Å². The van der Waals surface area contributed by atoms with Crippen molar-refractivity contribution in [2.75, 3.05) is 0 Å². The molecular weight excluding hydrogens is 250 g/mol. The monoisotopic (exact) mass is 273 g/mol. The third kappa shape index (κ3) is 3.84. The van der Waals surface area contributed by atoms with Crippen LogP contribution in [0, 0.1) is 6.92 Å². The molecule has 0 aliphatic heterocycles. The topological polar surface area (TPSA) is 50.1 Å². The molecule has 0 bridgehead atoms. The number of phenolic OH excluding ortho intramolecular Hbond substituents is 1. The van der Waals surface area contributed by atoms with Gasteiger partial charge in [0.2, 0.25) is 0 Å². The summed E-state index contributed by atoms with van der Waals surface area (Å²) in [5.41, 5.74) is 2.41. The van der Waals surface area contributed by atoms with Gasteiger partial charge in [-0.3, -0.25) is 0 Å². The molecule has 108 valence electrons. The first-order valence-electron chi connectivity index (χ1n) is 6.89. The van der Waals surface area contributed by atoms with Crippen molar-refractivity contribution in [2.45, 2.75) is 46.3 Å². The number of hydrogen-bond acceptors (Lipinski definition) is 3. The first-order chi connectivity index (χ1) is 9.35. The zero-order chi connectivity index (χ0) is 14.8. The Labute approximate surface area is 120 Å². The van der Waals surface area contributed by atoms with E-state index in [4.69, 9.17) is 0 Å². The van der Waals surface area contributed by atoms with Crippen LogP contribution in [-0.4, -0.2) is 20.2 Å². The molecule has 1 aromatic carbocycles. The summed E-state index contributed by atoms with van der Waals surface area (Å²) in [7, 11) is 0. The second-order valence-corrected chi connectivity index (χ2v) is 6.15. The molecule has 1 aromatic heterocycles. The molecule has 0 aliphatic carbocycles. The number of aromatic hydroxyl groups is 1. The summed E-state index contributed by atoms with van der Waals surface area (Å²) in [6, 6.07) is 7.31. The summed E-state index contributed by atoms with van der Waals surface area (Å²) in [4.78, 5) is 4.40. The average molecular weight is 273 g/mol. The van der Waals surface area contributed by atoms with Crippen molar-refractivity contribution in [1.29, 1.82) is 0 Å². The van der Waals surface area contributed by atoms with E-state index in [-0.39, 0.29) is 5.54 Å². The lowest BCUT2D eigenvalue weighted by molar-refractivity contribution is 0.416. The van der Waals surface area contributed by atoms with Crippen molar-refractivity contribution in [1.82, 2.24) is 14.9 Å². The summed E-state index contributed by atoms with van der Waals surface area (Å²) in [6.07, 6.45) is 1.93. The van der Waals surface area contributed by atoms with E-state index in [0.29, 0.717) is 5.75 Å². The minimum Gasteiger partial charge on any atom is -0.508 e. The molecule has 2 N–H and O–H groups in total. The van der Waals surface area contributed by atoms with Crippen LogP contribution in [0.3, 0.4) is 0 Å².